The lowest BCUT2D eigenvalue weighted by molar-refractivity contribution is 0.548. The second-order valence-electron chi connectivity index (χ2n) is 7.94. The van der Waals surface area contributed by atoms with Crippen LogP contribution in [0.2, 0.25) is 0 Å². The number of rotatable bonds is 5. The standard InChI is InChI=1S/C26H21N3O3S/c1-17-13-20(25-8-3-18(2)32-25)4-6-23(17)26-24-7-5-22(14-19(24)9-12-28-26)33(30,31)15-21-10-11-27-16-29-21/h3-14,16H,15H2,1-2H3. The van der Waals surface area contributed by atoms with E-state index < -0.39 is 9.84 Å². The van der Waals surface area contributed by atoms with E-state index >= 15 is 0 Å². The fourth-order valence-electron chi connectivity index (χ4n) is 3.92. The third-order valence-electron chi connectivity index (χ3n) is 5.58. The van der Waals surface area contributed by atoms with Gasteiger partial charge in [0.25, 0.3) is 0 Å². The summed E-state index contributed by atoms with van der Waals surface area (Å²) < 4.78 is 31.6. The highest BCUT2D eigenvalue weighted by Gasteiger charge is 2.18. The van der Waals surface area contributed by atoms with Gasteiger partial charge in [0, 0.05) is 28.9 Å². The Morgan fingerprint density at radius 1 is 0.879 bits per heavy atom. The predicted octanol–water partition coefficient (Wildman–Crippen LogP) is 5.54. The zero-order valence-corrected chi connectivity index (χ0v) is 19.0. The Kier molecular flexibility index (Phi) is 5.26. The molecule has 0 saturated carbocycles. The number of aromatic nitrogens is 3. The molecule has 0 N–H and O–H groups in total. The zero-order chi connectivity index (χ0) is 23.0. The van der Waals surface area contributed by atoms with Crippen LogP contribution in [0.4, 0.5) is 0 Å². The molecule has 6 nitrogen and oxygen atoms in total. The number of furan rings is 1. The highest BCUT2D eigenvalue weighted by atomic mass is 32.2. The van der Waals surface area contributed by atoms with Crippen molar-refractivity contribution in [1.82, 2.24) is 15.0 Å². The van der Waals surface area contributed by atoms with Gasteiger partial charge >= 0.3 is 0 Å². The Morgan fingerprint density at radius 3 is 2.48 bits per heavy atom. The first-order chi connectivity index (χ1) is 15.9. The molecule has 3 aromatic heterocycles. The number of benzene rings is 2. The molecule has 5 rings (SSSR count). The van der Waals surface area contributed by atoms with Crippen LogP contribution in [0.3, 0.4) is 0 Å². The first-order valence-electron chi connectivity index (χ1n) is 10.4. The van der Waals surface area contributed by atoms with Crippen LogP contribution in [-0.2, 0) is 15.6 Å². The largest absolute Gasteiger partial charge is 0.461 e. The Morgan fingerprint density at radius 2 is 1.76 bits per heavy atom. The molecule has 7 heteroatoms. The maximum absolute atomic E-state index is 12.9. The molecule has 2 aromatic carbocycles. The first kappa shape index (κ1) is 21.0. The van der Waals surface area contributed by atoms with Gasteiger partial charge in [0.05, 0.1) is 22.0 Å². The summed E-state index contributed by atoms with van der Waals surface area (Å²) in [6.07, 6.45) is 4.60. The summed E-state index contributed by atoms with van der Waals surface area (Å²) in [4.78, 5) is 12.7. The van der Waals surface area contributed by atoms with Crippen molar-refractivity contribution < 1.29 is 12.8 Å². The van der Waals surface area contributed by atoms with Crippen LogP contribution in [0.1, 0.15) is 17.0 Å². The van der Waals surface area contributed by atoms with E-state index in [2.05, 4.69) is 21.0 Å². The van der Waals surface area contributed by atoms with Gasteiger partial charge in [-0.2, -0.15) is 0 Å². The quantitative estimate of drug-likeness (QED) is 0.346. The minimum atomic E-state index is -3.55. The summed E-state index contributed by atoms with van der Waals surface area (Å²) in [5.41, 5.74) is 4.32. The molecule has 5 aromatic rings. The van der Waals surface area contributed by atoms with Gasteiger partial charge in [0.1, 0.15) is 17.8 Å². The minimum Gasteiger partial charge on any atom is -0.461 e. The van der Waals surface area contributed by atoms with E-state index in [0.717, 1.165) is 44.7 Å². The maximum Gasteiger partial charge on any atom is 0.184 e. The highest BCUT2D eigenvalue weighted by Crippen LogP contribution is 2.33. The SMILES string of the molecule is Cc1ccc(-c2ccc(-c3nccc4cc(S(=O)(=O)Cc5ccncn5)ccc34)c(C)c2)o1. The van der Waals surface area contributed by atoms with Crippen molar-refractivity contribution >= 4 is 20.6 Å². The fraction of sp³-hybridized carbons (Fsp3) is 0.115. The van der Waals surface area contributed by atoms with Crippen LogP contribution in [-0.4, -0.2) is 23.4 Å². The van der Waals surface area contributed by atoms with E-state index in [0.29, 0.717) is 5.69 Å². The average molecular weight is 456 g/mol. The summed E-state index contributed by atoms with van der Waals surface area (Å²) in [6.45, 7) is 3.96. The molecule has 0 aliphatic heterocycles. The van der Waals surface area contributed by atoms with E-state index in [-0.39, 0.29) is 10.6 Å². The molecular weight excluding hydrogens is 434 g/mol. The molecule has 0 fully saturated rings. The molecule has 3 heterocycles. The van der Waals surface area contributed by atoms with E-state index in [1.807, 2.05) is 50.2 Å². The molecule has 0 unspecified atom stereocenters. The topological polar surface area (TPSA) is 86.0 Å². The average Bonchev–Trinajstić information content (AvgIpc) is 3.25. The van der Waals surface area contributed by atoms with Crippen molar-refractivity contribution in [3.05, 3.63) is 96.4 Å². The molecule has 0 aliphatic carbocycles. The fourth-order valence-corrected chi connectivity index (χ4v) is 5.23. The molecule has 0 saturated heterocycles. The summed E-state index contributed by atoms with van der Waals surface area (Å²) in [5, 5.41) is 1.71. The van der Waals surface area contributed by atoms with E-state index in [9.17, 15) is 8.42 Å². The van der Waals surface area contributed by atoms with Crippen LogP contribution < -0.4 is 0 Å². The number of pyridine rings is 1. The molecule has 33 heavy (non-hydrogen) atoms. The third-order valence-corrected chi connectivity index (χ3v) is 7.23. The zero-order valence-electron chi connectivity index (χ0n) is 18.2. The van der Waals surface area contributed by atoms with Crippen LogP contribution in [0.15, 0.2) is 88.7 Å². The molecule has 0 bridgehead atoms. The Bertz CT molecular complexity index is 1580. The normalized spacial score (nSPS) is 11.7. The lowest BCUT2D eigenvalue weighted by Crippen LogP contribution is -2.06. The molecule has 0 radical (unpaired) electrons. The molecule has 0 aliphatic rings. The van der Waals surface area contributed by atoms with Crippen molar-refractivity contribution in [2.75, 3.05) is 0 Å². The number of hydrogen-bond donors (Lipinski definition) is 0. The third kappa shape index (κ3) is 4.15. The molecular formula is C26H21N3O3S. The van der Waals surface area contributed by atoms with Crippen LogP contribution in [0.25, 0.3) is 33.4 Å². The van der Waals surface area contributed by atoms with Crippen LogP contribution in [0.5, 0.6) is 0 Å². The van der Waals surface area contributed by atoms with Crippen LogP contribution in [0, 0.1) is 13.8 Å². The van der Waals surface area contributed by atoms with E-state index in [1.165, 1.54) is 12.5 Å². The number of sulfone groups is 1. The Balaban J connectivity index is 1.53. The second-order valence-corrected chi connectivity index (χ2v) is 9.93. The van der Waals surface area contributed by atoms with Crippen molar-refractivity contribution in [3.8, 4) is 22.6 Å². The Labute approximate surface area is 191 Å². The van der Waals surface area contributed by atoms with Gasteiger partial charge < -0.3 is 4.42 Å². The highest BCUT2D eigenvalue weighted by molar-refractivity contribution is 7.90. The van der Waals surface area contributed by atoms with Gasteiger partial charge in [-0.1, -0.05) is 18.2 Å². The van der Waals surface area contributed by atoms with Gasteiger partial charge in [-0.25, -0.2) is 18.4 Å². The van der Waals surface area contributed by atoms with Gasteiger partial charge in [0.15, 0.2) is 9.84 Å². The number of hydrogen-bond acceptors (Lipinski definition) is 6. The van der Waals surface area contributed by atoms with Gasteiger partial charge in [-0.05, 0) is 67.3 Å². The lowest BCUT2D eigenvalue weighted by Gasteiger charge is -2.11. The van der Waals surface area contributed by atoms with Gasteiger partial charge in [-0.15, -0.1) is 0 Å². The summed E-state index contributed by atoms with van der Waals surface area (Å²) in [5.74, 6) is 1.52. The lowest BCUT2D eigenvalue weighted by atomic mass is 9.98. The molecule has 164 valence electrons. The minimum absolute atomic E-state index is 0.175. The summed E-state index contributed by atoms with van der Waals surface area (Å²) in [6, 6.07) is 18.6. The number of fused-ring (bicyclic) bond motifs is 1. The maximum atomic E-state index is 12.9. The van der Waals surface area contributed by atoms with E-state index in [4.69, 9.17) is 4.42 Å². The number of nitrogens with zero attached hydrogens (tertiary/aromatic N) is 3. The predicted molar refractivity (Wildman–Crippen MR) is 127 cm³/mol. The number of aryl methyl sites for hydroxylation is 2. The second kappa shape index (κ2) is 8.26. The Hall–Kier alpha value is -3.84. The van der Waals surface area contributed by atoms with Crippen molar-refractivity contribution in [2.45, 2.75) is 24.5 Å². The smallest absolute Gasteiger partial charge is 0.184 e. The van der Waals surface area contributed by atoms with Crippen molar-refractivity contribution in [3.63, 3.8) is 0 Å². The van der Waals surface area contributed by atoms with Crippen molar-refractivity contribution in [1.29, 1.82) is 0 Å². The summed E-state index contributed by atoms with van der Waals surface area (Å²) >= 11 is 0. The first-order valence-corrected chi connectivity index (χ1v) is 12.1. The van der Waals surface area contributed by atoms with Crippen LogP contribution >= 0.6 is 0 Å². The molecule has 0 spiro atoms. The monoisotopic (exact) mass is 455 g/mol. The molecule has 0 amide bonds. The molecule has 0 atom stereocenters. The summed E-state index contributed by atoms with van der Waals surface area (Å²) in [7, 11) is -3.55. The van der Waals surface area contributed by atoms with Crippen molar-refractivity contribution in [2.24, 2.45) is 0 Å². The van der Waals surface area contributed by atoms with Gasteiger partial charge in [0.2, 0.25) is 0 Å². The van der Waals surface area contributed by atoms with E-state index in [1.54, 1.807) is 24.4 Å². The van der Waals surface area contributed by atoms with Gasteiger partial charge in [-0.3, -0.25) is 4.98 Å².